The molecule has 0 spiro atoms. The number of amides is 1. The van der Waals surface area contributed by atoms with Crippen LogP contribution in [-0.4, -0.2) is 38.6 Å². The summed E-state index contributed by atoms with van der Waals surface area (Å²) >= 11 is 0. The lowest BCUT2D eigenvalue weighted by Crippen LogP contribution is -2.30. The van der Waals surface area contributed by atoms with E-state index in [2.05, 4.69) is 20.5 Å². The fourth-order valence-electron chi connectivity index (χ4n) is 5.77. The number of hydrogen-bond acceptors (Lipinski definition) is 6. The maximum absolute atomic E-state index is 15.1. The van der Waals surface area contributed by atoms with Crippen LogP contribution < -0.4 is 15.5 Å². The molecule has 0 saturated carbocycles. The highest BCUT2D eigenvalue weighted by molar-refractivity contribution is 6.05. The van der Waals surface area contributed by atoms with Gasteiger partial charge in [0.2, 0.25) is 5.95 Å². The van der Waals surface area contributed by atoms with Gasteiger partial charge in [0.15, 0.2) is 0 Å². The quantitative estimate of drug-likeness (QED) is 0.189. The van der Waals surface area contributed by atoms with Crippen molar-refractivity contribution in [3.63, 3.8) is 0 Å². The zero-order valence-corrected chi connectivity index (χ0v) is 24.6. The van der Waals surface area contributed by atoms with E-state index < -0.39 is 23.1 Å². The lowest BCUT2D eigenvalue weighted by Gasteiger charge is -2.29. The van der Waals surface area contributed by atoms with Gasteiger partial charge >= 0.3 is 0 Å². The molecule has 1 aliphatic rings. The molecule has 3 aromatic carbocycles. The van der Waals surface area contributed by atoms with Crippen molar-refractivity contribution in [2.75, 3.05) is 28.6 Å². The molecule has 0 radical (unpaired) electrons. The fraction of sp³-hybridized carbons (Fsp3) is 0.143. The van der Waals surface area contributed by atoms with E-state index in [-0.39, 0.29) is 11.8 Å². The number of anilines is 4. The van der Waals surface area contributed by atoms with E-state index in [0.717, 1.165) is 43.6 Å². The van der Waals surface area contributed by atoms with Gasteiger partial charge in [-0.2, -0.15) is 5.10 Å². The van der Waals surface area contributed by atoms with Gasteiger partial charge in [-0.25, -0.2) is 27.7 Å². The summed E-state index contributed by atoms with van der Waals surface area (Å²) in [5, 5.41) is 10.5. The molecule has 6 aromatic rings. The predicted octanol–water partition coefficient (Wildman–Crippen LogP) is 7.86. The van der Waals surface area contributed by atoms with Crippen molar-refractivity contribution in [1.82, 2.24) is 19.6 Å². The Morgan fingerprint density at radius 3 is 2.39 bits per heavy atom. The molecule has 3 aromatic heterocycles. The van der Waals surface area contributed by atoms with Crippen LogP contribution in [0.3, 0.4) is 0 Å². The van der Waals surface area contributed by atoms with Crippen LogP contribution in [0.4, 0.5) is 36.2 Å². The van der Waals surface area contributed by atoms with Crippen LogP contribution in [0.2, 0.25) is 0 Å². The molecule has 0 unspecified atom stereocenters. The summed E-state index contributed by atoms with van der Waals surface area (Å²) in [5.74, 6) is -2.85. The monoisotopic (exact) mass is 619 g/mol. The van der Waals surface area contributed by atoms with Crippen LogP contribution in [0.15, 0.2) is 97.3 Å². The second-order valence-electron chi connectivity index (χ2n) is 11.0. The summed E-state index contributed by atoms with van der Waals surface area (Å²) in [7, 11) is 0. The lowest BCUT2D eigenvalue weighted by atomic mass is 10.0. The molecule has 2 N–H and O–H groups in total. The molecule has 230 valence electrons. The molecule has 1 fully saturated rings. The van der Waals surface area contributed by atoms with Crippen molar-refractivity contribution in [2.45, 2.75) is 19.3 Å². The van der Waals surface area contributed by atoms with Gasteiger partial charge in [0, 0.05) is 42.4 Å². The van der Waals surface area contributed by atoms with Crippen molar-refractivity contribution in [3.8, 4) is 22.5 Å². The van der Waals surface area contributed by atoms with Crippen LogP contribution >= 0.6 is 0 Å². The van der Waals surface area contributed by atoms with Crippen molar-refractivity contribution >= 4 is 34.4 Å². The van der Waals surface area contributed by atoms with Crippen molar-refractivity contribution in [2.24, 2.45) is 0 Å². The predicted molar refractivity (Wildman–Crippen MR) is 172 cm³/mol. The Bertz CT molecular complexity index is 2050. The van der Waals surface area contributed by atoms with Gasteiger partial charge in [-0.3, -0.25) is 4.79 Å². The van der Waals surface area contributed by atoms with E-state index in [1.807, 2.05) is 36.5 Å². The van der Waals surface area contributed by atoms with Gasteiger partial charge in [-0.1, -0.05) is 24.3 Å². The molecule has 0 bridgehead atoms. The molecule has 11 heteroatoms. The van der Waals surface area contributed by atoms with Crippen LogP contribution in [0, 0.1) is 17.5 Å². The number of carbonyl (C=O) groups excluding carboxylic acids is 1. The Kier molecular flexibility index (Phi) is 7.79. The maximum atomic E-state index is 15.1. The van der Waals surface area contributed by atoms with Gasteiger partial charge in [0.25, 0.3) is 5.91 Å². The Morgan fingerprint density at radius 1 is 0.783 bits per heavy atom. The number of hydrogen-bond donors (Lipinski definition) is 2. The second-order valence-corrected chi connectivity index (χ2v) is 11.0. The zero-order chi connectivity index (χ0) is 31.6. The van der Waals surface area contributed by atoms with Crippen LogP contribution in [0.5, 0.6) is 0 Å². The van der Waals surface area contributed by atoms with E-state index in [1.165, 1.54) is 18.6 Å². The van der Waals surface area contributed by atoms with Crippen LogP contribution in [0.1, 0.15) is 29.6 Å². The molecule has 1 aliphatic heterocycles. The average molecular weight is 620 g/mol. The normalized spacial score (nSPS) is 13.2. The van der Waals surface area contributed by atoms with E-state index in [0.29, 0.717) is 39.6 Å². The molecule has 1 amide bonds. The number of nitrogens with one attached hydrogen (secondary N) is 2. The molecular weight excluding hydrogens is 591 g/mol. The van der Waals surface area contributed by atoms with Crippen molar-refractivity contribution in [1.29, 1.82) is 0 Å². The highest BCUT2D eigenvalue weighted by Gasteiger charge is 2.21. The minimum Gasteiger partial charge on any atom is -0.369 e. The Hall–Kier alpha value is -5.71. The van der Waals surface area contributed by atoms with Crippen LogP contribution in [-0.2, 0) is 0 Å². The summed E-state index contributed by atoms with van der Waals surface area (Å²) in [4.78, 5) is 24.0. The summed E-state index contributed by atoms with van der Waals surface area (Å²) in [6, 6.07) is 22.5. The smallest absolute Gasteiger partial charge is 0.261 e. The minimum atomic E-state index is -0.954. The van der Waals surface area contributed by atoms with Gasteiger partial charge in [-0.05, 0) is 79.9 Å². The summed E-state index contributed by atoms with van der Waals surface area (Å²) in [6.07, 6.45) is 6.69. The van der Waals surface area contributed by atoms with E-state index in [4.69, 9.17) is 10.1 Å². The molecule has 0 atom stereocenters. The van der Waals surface area contributed by atoms with Crippen molar-refractivity contribution < 1.29 is 18.0 Å². The minimum absolute atomic E-state index is 0.275. The summed E-state index contributed by atoms with van der Waals surface area (Å²) in [6.45, 7) is 1.69. The number of rotatable bonds is 7. The first-order valence-electron chi connectivity index (χ1n) is 14.9. The first kappa shape index (κ1) is 29.0. The standard InChI is InChI=1S/C35H28F3N7O/c36-25-10-7-11-26(37)31(25)34(46)40-23-9-6-8-22(20-23)33-32(30-12-2-5-19-45(30)43-33)28-15-16-39-35(42-28)41-24-13-14-29(27(38)21-24)44-17-3-1-4-18-44/h2,5-16,19-21H,1,3-4,17-18H2,(H,40,46)(H,39,41,42). The molecule has 4 heterocycles. The van der Waals surface area contributed by atoms with Gasteiger partial charge in [0.1, 0.15) is 28.7 Å². The topological polar surface area (TPSA) is 87.5 Å². The fourth-order valence-corrected chi connectivity index (χ4v) is 5.77. The first-order chi connectivity index (χ1) is 22.4. The first-order valence-corrected chi connectivity index (χ1v) is 14.9. The zero-order valence-electron chi connectivity index (χ0n) is 24.6. The molecule has 0 aliphatic carbocycles. The summed E-state index contributed by atoms with van der Waals surface area (Å²) in [5.41, 5.74) is 3.98. The molecule has 1 saturated heterocycles. The third-order valence-corrected chi connectivity index (χ3v) is 7.94. The number of nitrogens with zero attached hydrogens (tertiary/aromatic N) is 5. The SMILES string of the molecule is O=C(Nc1cccc(-c2nn3ccccc3c2-c2ccnc(Nc3ccc(N4CCCCC4)c(F)c3)n2)c1)c1c(F)cccc1F. The van der Waals surface area contributed by atoms with Gasteiger partial charge in [-0.15, -0.1) is 0 Å². The lowest BCUT2D eigenvalue weighted by molar-refractivity contribution is 0.101. The number of pyridine rings is 1. The Balaban J connectivity index is 1.21. The summed E-state index contributed by atoms with van der Waals surface area (Å²) < 4.78 is 45.3. The van der Waals surface area contributed by atoms with Crippen molar-refractivity contribution in [3.05, 3.63) is 120 Å². The number of carbonyl (C=O) groups is 1. The van der Waals surface area contributed by atoms with Gasteiger partial charge < -0.3 is 15.5 Å². The number of piperidine rings is 1. The number of fused-ring (bicyclic) bond motifs is 1. The van der Waals surface area contributed by atoms with Gasteiger partial charge in [0.05, 0.1) is 22.5 Å². The Labute approximate surface area is 262 Å². The number of benzene rings is 3. The number of aromatic nitrogens is 4. The van der Waals surface area contributed by atoms with E-state index >= 15 is 4.39 Å². The Morgan fingerprint density at radius 2 is 1.59 bits per heavy atom. The van der Waals surface area contributed by atoms with E-state index in [1.54, 1.807) is 41.0 Å². The third kappa shape index (κ3) is 5.74. The highest BCUT2D eigenvalue weighted by atomic mass is 19.1. The highest BCUT2D eigenvalue weighted by Crippen LogP contribution is 2.36. The third-order valence-electron chi connectivity index (χ3n) is 7.94. The molecule has 46 heavy (non-hydrogen) atoms. The average Bonchev–Trinajstić information content (AvgIpc) is 3.45. The molecule has 8 nitrogen and oxygen atoms in total. The largest absolute Gasteiger partial charge is 0.369 e. The molecular formula is C35H28F3N7O. The second kappa shape index (κ2) is 12.4. The van der Waals surface area contributed by atoms with Crippen LogP contribution in [0.25, 0.3) is 28.0 Å². The molecule has 7 rings (SSSR count). The number of halogens is 3. The maximum Gasteiger partial charge on any atom is 0.261 e. The van der Waals surface area contributed by atoms with E-state index in [9.17, 15) is 13.6 Å².